The summed E-state index contributed by atoms with van der Waals surface area (Å²) in [6.45, 7) is 4.95. The monoisotopic (exact) mass is 698 g/mol. The third-order valence-electron chi connectivity index (χ3n) is 9.03. The molecule has 2 saturated carbocycles. The molecule has 1 aliphatic heterocycles. The minimum Gasteiger partial charge on any atom is -0.499 e. The van der Waals surface area contributed by atoms with Crippen molar-refractivity contribution in [2.75, 3.05) is 26.4 Å². The van der Waals surface area contributed by atoms with Gasteiger partial charge in [-0.2, -0.15) is 0 Å². The summed E-state index contributed by atoms with van der Waals surface area (Å²) >= 11 is 0. The van der Waals surface area contributed by atoms with Gasteiger partial charge in [-0.1, -0.05) is 18.2 Å². The van der Waals surface area contributed by atoms with Crippen LogP contribution < -0.4 is 10.6 Å². The molecule has 1 saturated heterocycles. The number of carbonyl (C=O) groups is 4. The molecule has 4 aliphatic rings. The van der Waals surface area contributed by atoms with Crippen LogP contribution in [-0.4, -0.2) is 96.1 Å². The van der Waals surface area contributed by atoms with E-state index in [1.807, 2.05) is 0 Å². The molecule has 0 bridgehead atoms. The van der Waals surface area contributed by atoms with Crippen molar-refractivity contribution in [1.82, 2.24) is 10.6 Å². The van der Waals surface area contributed by atoms with Crippen molar-refractivity contribution >= 4 is 29.8 Å². The largest absolute Gasteiger partial charge is 0.499 e. The smallest absolute Gasteiger partial charge is 0.339 e. The Morgan fingerprint density at radius 1 is 1.04 bits per heavy atom. The Balaban J connectivity index is 1.21. The van der Waals surface area contributed by atoms with Crippen molar-refractivity contribution in [3.8, 4) is 0 Å². The predicted molar refractivity (Wildman–Crippen MR) is 180 cm³/mol. The number of benzene rings is 1. The molecular weight excluding hydrogens is 648 g/mol. The summed E-state index contributed by atoms with van der Waals surface area (Å²) < 4.78 is 29.9. The molecule has 13 heteroatoms. The number of aliphatic hydroxyl groups is 2. The zero-order chi connectivity index (χ0) is 35.9. The van der Waals surface area contributed by atoms with Gasteiger partial charge in [-0.05, 0) is 76.7 Å². The number of aliphatic hydroxyl groups excluding tert-OH is 2. The Labute approximate surface area is 292 Å². The first kappa shape index (κ1) is 37.5. The second kappa shape index (κ2) is 16.5. The fourth-order valence-corrected chi connectivity index (χ4v) is 6.44. The van der Waals surface area contributed by atoms with Gasteiger partial charge in [0.25, 0.3) is 0 Å². The summed E-state index contributed by atoms with van der Waals surface area (Å²) in [7, 11) is 0. The Morgan fingerprint density at radius 2 is 1.76 bits per heavy atom. The number of nitrogens with one attached hydrogen (secondary N) is 2. The van der Waals surface area contributed by atoms with E-state index in [1.165, 1.54) is 6.26 Å². The number of rotatable bonds is 17. The average Bonchev–Trinajstić information content (AvgIpc) is 4.02. The summed E-state index contributed by atoms with van der Waals surface area (Å²) in [6.07, 6.45) is 7.07. The van der Waals surface area contributed by atoms with Crippen LogP contribution in [0.2, 0.25) is 0 Å². The van der Waals surface area contributed by atoms with Crippen LogP contribution in [0.3, 0.4) is 0 Å². The lowest BCUT2D eigenvalue weighted by Gasteiger charge is -2.31. The fourth-order valence-electron chi connectivity index (χ4n) is 6.44. The Kier molecular flexibility index (Phi) is 12.4. The standard InChI is InChI=1S/C37H50N2O11/c1-36(2,3)49-32(43)13-12-27(22-41)39-31(42)14-16-38-34(44)24-20-29(33-30(21-24)48-37(50-33,25-8-9-25)26-10-11-26)47-35(45)28-7-5-4-6-23(28)15-18-46-19-17-40/h4-7,15,18,21,25-27,29-30,33,40-41H,8-14,16-17,19-20,22H2,1-3H3,(H,38,44)(H,39,42)/t27-,29+,30+,33-/m0/s1. The first-order valence-electron chi connectivity index (χ1n) is 17.6. The lowest BCUT2D eigenvalue weighted by molar-refractivity contribution is -0.209. The third kappa shape index (κ3) is 9.93. The molecule has 2 amide bonds. The average molecular weight is 699 g/mol. The summed E-state index contributed by atoms with van der Waals surface area (Å²) in [5.74, 6) is -2.03. The number of ether oxygens (including phenoxy) is 5. The molecule has 0 spiro atoms. The maximum atomic E-state index is 13.6. The van der Waals surface area contributed by atoms with Crippen LogP contribution >= 0.6 is 0 Å². The van der Waals surface area contributed by atoms with Crippen molar-refractivity contribution < 1.29 is 53.1 Å². The van der Waals surface area contributed by atoms with E-state index in [1.54, 1.807) is 57.2 Å². The van der Waals surface area contributed by atoms with Gasteiger partial charge < -0.3 is 44.5 Å². The van der Waals surface area contributed by atoms with E-state index in [0.29, 0.717) is 16.7 Å². The van der Waals surface area contributed by atoms with Crippen LogP contribution in [0.25, 0.3) is 6.08 Å². The number of hydrogen-bond acceptors (Lipinski definition) is 11. The van der Waals surface area contributed by atoms with Gasteiger partial charge in [0, 0.05) is 43.2 Å². The summed E-state index contributed by atoms with van der Waals surface area (Å²) in [6, 6.07) is 6.27. The van der Waals surface area contributed by atoms with Gasteiger partial charge in [-0.3, -0.25) is 14.4 Å². The molecule has 4 N–H and O–H groups in total. The molecule has 50 heavy (non-hydrogen) atoms. The van der Waals surface area contributed by atoms with Gasteiger partial charge in [-0.15, -0.1) is 0 Å². The lowest BCUT2D eigenvalue weighted by atomic mass is 9.91. The molecule has 4 atom stereocenters. The van der Waals surface area contributed by atoms with E-state index in [-0.39, 0.29) is 63.9 Å². The van der Waals surface area contributed by atoms with Crippen molar-refractivity contribution in [1.29, 1.82) is 0 Å². The van der Waals surface area contributed by atoms with E-state index in [0.717, 1.165) is 25.7 Å². The normalized spacial score (nSPS) is 23.4. The van der Waals surface area contributed by atoms with Crippen LogP contribution in [0.4, 0.5) is 0 Å². The van der Waals surface area contributed by atoms with Crippen molar-refractivity contribution in [3.63, 3.8) is 0 Å². The van der Waals surface area contributed by atoms with E-state index in [2.05, 4.69) is 10.6 Å². The van der Waals surface area contributed by atoms with Gasteiger partial charge in [0.2, 0.25) is 11.8 Å². The molecule has 3 fully saturated rings. The SMILES string of the molecule is CC(C)(C)OC(=O)CC[C@@H](CO)NC(=O)CCNC(=O)C1=C[C@H]2OC(C3CC3)(C3CC3)O[C@H]2[C@H](OC(=O)c2ccccc2C=COCCO)C1. The van der Waals surface area contributed by atoms with Crippen LogP contribution in [-0.2, 0) is 38.1 Å². The molecule has 5 rings (SSSR count). The summed E-state index contributed by atoms with van der Waals surface area (Å²) in [5, 5.41) is 24.2. The molecule has 0 aromatic heterocycles. The molecule has 3 aliphatic carbocycles. The molecule has 274 valence electrons. The van der Waals surface area contributed by atoms with Crippen molar-refractivity contribution in [2.24, 2.45) is 11.8 Å². The first-order valence-corrected chi connectivity index (χ1v) is 17.6. The van der Waals surface area contributed by atoms with Gasteiger partial charge in [0.1, 0.15) is 30.5 Å². The molecule has 1 heterocycles. The van der Waals surface area contributed by atoms with Crippen molar-refractivity contribution in [3.05, 3.63) is 53.3 Å². The highest BCUT2D eigenvalue weighted by Crippen LogP contribution is 2.59. The van der Waals surface area contributed by atoms with E-state index >= 15 is 0 Å². The van der Waals surface area contributed by atoms with Gasteiger partial charge in [0.05, 0.1) is 31.1 Å². The maximum absolute atomic E-state index is 13.6. The highest BCUT2D eigenvalue weighted by molar-refractivity contribution is 5.95. The molecule has 0 unspecified atom stereocenters. The number of esters is 2. The van der Waals surface area contributed by atoms with E-state index in [9.17, 15) is 24.3 Å². The Morgan fingerprint density at radius 3 is 2.42 bits per heavy atom. The van der Waals surface area contributed by atoms with Crippen molar-refractivity contribution in [2.45, 2.75) is 108 Å². The first-order chi connectivity index (χ1) is 23.9. The number of hydrogen-bond donors (Lipinski definition) is 4. The van der Waals surface area contributed by atoms with Crippen LogP contribution in [0.15, 0.2) is 42.2 Å². The second-order valence-corrected chi connectivity index (χ2v) is 14.3. The van der Waals surface area contributed by atoms with Crippen LogP contribution in [0.5, 0.6) is 0 Å². The van der Waals surface area contributed by atoms with E-state index in [4.69, 9.17) is 28.8 Å². The zero-order valence-corrected chi connectivity index (χ0v) is 29.1. The fraction of sp³-hybridized carbons (Fsp3) is 0.622. The molecule has 1 aromatic rings. The summed E-state index contributed by atoms with van der Waals surface area (Å²) in [5.41, 5.74) is 0.614. The highest BCUT2D eigenvalue weighted by Gasteiger charge is 2.64. The van der Waals surface area contributed by atoms with Gasteiger partial charge in [-0.25, -0.2) is 4.79 Å². The molecule has 13 nitrogen and oxygen atoms in total. The molecule has 1 aromatic carbocycles. The third-order valence-corrected chi connectivity index (χ3v) is 9.03. The van der Waals surface area contributed by atoms with E-state index < -0.39 is 59.5 Å². The van der Waals surface area contributed by atoms with Crippen LogP contribution in [0, 0.1) is 11.8 Å². The highest BCUT2D eigenvalue weighted by atomic mass is 16.8. The Bertz CT molecular complexity index is 1430. The molecular formula is C37H50N2O11. The minimum absolute atomic E-state index is 0.0221. The van der Waals surface area contributed by atoms with Gasteiger partial charge >= 0.3 is 11.9 Å². The molecule has 0 radical (unpaired) electrons. The number of fused-ring (bicyclic) bond motifs is 1. The van der Waals surface area contributed by atoms with Crippen LogP contribution in [0.1, 0.15) is 88.1 Å². The topological polar surface area (TPSA) is 179 Å². The predicted octanol–water partition coefficient (Wildman–Crippen LogP) is 2.93. The number of carbonyl (C=O) groups excluding carboxylic acids is 4. The lowest BCUT2D eigenvalue weighted by Crippen LogP contribution is -2.44. The van der Waals surface area contributed by atoms with Gasteiger partial charge in [0.15, 0.2) is 5.79 Å². The zero-order valence-electron chi connectivity index (χ0n) is 29.1. The second-order valence-electron chi connectivity index (χ2n) is 14.3. The minimum atomic E-state index is -0.807. The number of amides is 2. The Hall–Kier alpha value is -3.78. The summed E-state index contributed by atoms with van der Waals surface area (Å²) in [4.78, 5) is 51.7. The quantitative estimate of drug-likeness (QED) is 0.107. The maximum Gasteiger partial charge on any atom is 0.339 e.